The molecule has 0 N–H and O–H groups in total. The largest absolute Gasteiger partial charge is 0.308 e. The van der Waals surface area contributed by atoms with Gasteiger partial charge < -0.3 is 4.90 Å². The number of carbonyl (C=O) groups is 1. The average Bonchev–Trinajstić information content (AvgIpc) is 3.47. The van der Waals surface area contributed by atoms with Gasteiger partial charge in [-0.15, -0.1) is 11.3 Å². The van der Waals surface area contributed by atoms with Crippen molar-refractivity contribution in [3.8, 4) is 0 Å². The second-order valence-corrected chi connectivity index (χ2v) is 12.9. The van der Waals surface area contributed by atoms with E-state index in [0.717, 1.165) is 15.8 Å². The van der Waals surface area contributed by atoms with E-state index in [9.17, 15) is 13.2 Å². The molecule has 33 heavy (non-hydrogen) atoms. The average molecular weight is 527 g/mol. The molecule has 0 atom stereocenters. The summed E-state index contributed by atoms with van der Waals surface area (Å²) in [6.45, 7) is 3.84. The zero-order chi connectivity index (χ0) is 23.8. The number of piperidine rings is 1. The highest BCUT2D eigenvalue weighted by Crippen LogP contribution is 2.35. The Balaban J connectivity index is 1.54. The van der Waals surface area contributed by atoms with Crippen LogP contribution >= 0.6 is 34.3 Å². The van der Waals surface area contributed by atoms with Crippen molar-refractivity contribution in [2.45, 2.75) is 24.0 Å². The van der Waals surface area contributed by atoms with Gasteiger partial charge in [0, 0.05) is 37.1 Å². The minimum Gasteiger partial charge on any atom is -0.308 e. The molecule has 0 aliphatic carbocycles. The molecule has 0 saturated carbocycles. The van der Waals surface area contributed by atoms with Crippen molar-refractivity contribution in [1.29, 1.82) is 0 Å². The van der Waals surface area contributed by atoms with Gasteiger partial charge in [-0.05, 0) is 63.0 Å². The van der Waals surface area contributed by atoms with Crippen LogP contribution in [0.5, 0.6) is 0 Å². The number of rotatable bonds is 7. The molecule has 178 valence electrons. The molecule has 0 unspecified atom stereocenters. The molecule has 7 nitrogen and oxygen atoms in total. The fraction of sp³-hybridized carbons (Fsp3) is 0.455. The van der Waals surface area contributed by atoms with Crippen LogP contribution in [0.3, 0.4) is 0 Å². The highest BCUT2D eigenvalue weighted by Gasteiger charge is 2.35. The van der Waals surface area contributed by atoms with Gasteiger partial charge in [-0.25, -0.2) is 13.4 Å². The Labute approximate surface area is 207 Å². The molecule has 0 bridgehead atoms. The Morgan fingerprint density at radius 1 is 1.21 bits per heavy atom. The number of thiazole rings is 1. The molecule has 4 rings (SSSR count). The van der Waals surface area contributed by atoms with E-state index in [1.165, 1.54) is 27.0 Å². The highest BCUT2D eigenvalue weighted by atomic mass is 35.5. The maximum absolute atomic E-state index is 13.6. The molecular formula is C22H27ClN4O3S3. The summed E-state index contributed by atoms with van der Waals surface area (Å²) in [4.78, 5) is 22.2. The first-order valence-electron chi connectivity index (χ1n) is 10.7. The molecule has 1 fully saturated rings. The van der Waals surface area contributed by atoms with Gasteiger partial charge in [-0.2, -0.15) is 4.31 Å². The lowest BCUT2D eigenvalue weighted by atomic mass is 9.96. The Morgan fingerprint density at radius 2 is 1.94 bits per heavy atom. The first kappa shape index (κ1) is 24.6. The number of anilines is 1. The molecule has 1 aliphatic rings. The van der Waals surface area contributed by atoms with E-state index >= 15 is 0 Å². The number of sulfonamides is 1. The van der Waals surface area contributed by atoms with E-state index < -0.39 is 10.0 Å². The number of thiophene rings is 1. The summed E-state index contributed by atoms with van der Waals surface area (Å²) in [5.41, 5.74) is 1.73. The number of aromatic nitrogens is 1. The standard InChI is InChI=1S/C22H27ClN4O3S3/c1-15-17(23)6-7-18-20(15)24-22(32-18)27(13-12-25(2)3)21(28)16-8-10-26(11-9-16)33(29,30)19-5-4-14-31-19/h4-7,14,16H,8-13H2,1-3H3. The summed E-state index contributed by atoms with van der Waals surface area (Å²) < 4.78 is 28.5. The minimum absolute atomic E-state index is 0.00725. The Bertz CT molecular complexity index is 1230. The number of benzene rings is 1. The lowest BCUT2D eigenvalue weighted by molar-refractivity contribution is -0.123. The Kier molecular flexibility index (Phi) is 7.42. The van der Waals surface area contributed by atoms with Crippen LogP contribution in [0.4, 0.5) is 5.13 Å². The summed E-state index contributed by atoms with van der Waals surface area (Å²) in [6.07, 6.45) is 0.995. The number of halogens is 1. The highest BCUT2D eigenvalue weighted by molar-refractivity contribution is 7.91. The number of nitrogens with zero attached hydrogens (tertiary/aromatic N) is 4. The second-order valence-electron chi connectivity index (χ2n) is 8.42. The molecular weight excluding hydrogens is 500 g/mol. The van der Waals surface area contributed by atoms with Gasteiger partial charge in [-0.3, -0.25) is 9.69 Å². The van der Waals surface area contributed by atoms with Crippen LogP contribution in [-0.2, 0) is 14.8 Å². The van der Waals surface area contributed by atoms with Crippen molar-refractivity contribution in [3.63, 3.8) is 0 Å². The molecule has 1 saturated heterocycles. The lowest BCUT2D eigenvalue weighted by Crippen LogP contribution is -2.45. The first-order chi connectivity index (χ1) is 15.7. The summed E-state index contributed by atoms with van der Waals surface area (Å²) >= 11 is 8.98. The van der Waals surface area contributed by atoms with Crippen molar-refractivity contribution in [3.05, 3.63) is 40.2 Å². The SMILES string of the molecule is Cc1c(Cl)ccc2sc(N(CCN(C)C)C(=O)C3CCN(S(=O)(=O)c4cccs4)CC3)nc12. The molecule has 3 heterocycles. The van der Waals surface area contributed by atoms with Crippen molar-refractivity contribution < 1.29 is 13.2 Å². The molecule has 1 aromatic carbocycles. The monoisotopic (exact) mass is 526 g/mol. The van der Waals surface area contributed by atoms with Crippen LogP contribution in [0.2, 0.25) is 5.02 Å². The molecule has 1 amide bonds. The van der Waals surface area contributed by atoms with Crippen LogP contribution < -0.4 is 4.90 Å². The molecule has 1 aliphatic heterocycles. The predicted octanol–water partition coefficient (Wildman–Crippen LogP) is 4.32. The van der Waals surface area contributed by atoms with Gasteiger partial charge >= 0.3 is 0 Å². The summed E-state index contributed by atoms with van der Waals surface area (Å²) in [6, 6.07) is 7.16. The number of amides is 1. The van der Waals surface area contributed by atoms with E-state index in [-0.39, 0.29) is 11.8 Å². The fourth-order valence-electron chi connectivity index (χ4n) is 3.91. The van der Waals surface area contributed by atoms with Crippen LogP contribution in [0, 0.1) is 12.8 Å². The number of carbonyl (C=O) groups excluding carboxylic acids is 1. The normalized spacial score (nSPS) is 16.0. The lowest BCUT2D eigenvalue weighted by Gasteiger charge is -2.33. The smallest absolute Gasteiger partial charge is 0.252 e. The minimum atomic E-state index is -3.49. The topological polar surface area (TPSA) is 73.8 Å². The van der Waals surface area contributed by atoms with E-state index in [1.54, 1.807) is 22.4 Å². The number of hydrogen-bond donors (Lipinski definition) is 0. The quantitative estimate of drug-likeness (QED) is 0.458. The zero-order valence-corrected chi connectivity index (χ0v) is 22.0. The molecule has 0 spiro atoms. The van der Waals surface area contributed by atoms with Crippen LogP contribution in [0.15, 0.2) is 33.9 Å². The maximum Gasteiger partial charge on any atom is 0.252 e. The summed E-state index contributed by atoms with van der Waals surface area (Å²) in [5, 5.41) is 3.08. The van der Waals surface area contributed by atoms with Crippen LogP contribution in [0.1, 0.15) is 18.4 Å². The van der Waals surface area contributed by atoms with Gasteiger partial charge in [0.25, 0.3) is 10.0 Å². The third kappa shape index (κ3) is 5.11. The number of aryl methyl sites for hydroxylation is 1. The van der Waals surface area contributed by atoms with Gasteiger partial charge in [0.15, 0.2) is 5.13 Å². The Morgan fingerprint density at radius 3 is 2.58 bits per heavy atom. The van der Waals surface area contributed by atoms with Crippen molar-refractivity contribution in [2.75, 3.05) is 45.2 Å². The van der Waals surface area contributed by atoms with E-state index in [0.29, 0.717) is 53.4 Å². The number of likely N-dealkylation sites (N-methyl/N-ethyl adjacent to an activating group) is 1. The van der Waals surface area contributed by atoms with E-state index in [2.05, 4.69) is 0 Å². The van der Waals surface area contributed by atoms with Crippen LogP contribution in [-0.4, -0.2) is 68.8 Å². The van der Waals surface area contributed by atoms with Gasteiger partial charge in [0.1, 0.15) is 4.21 Å². The van der Waals surface area contributed by atoms with Crippen molar-refractivity contribution >= 4 is 65.6 Å². The molecule has 11 heteroatoms. The van der Waals surface area contributed by atoms with Gasteiger partial charge in [0.2, 0.25) is 5.91 Å². The number of fused-ring (bicyclic) bond motifs is 1. The Hall–Kier alpha value is -1.56. The molecule has 2 aromatic heterocycles. The van der Waals surface area contributed by atoms with E-state index in [1.807, 2.05) is 38.1 Å². The van der Waals surface area contributed by atoms with Crippen molar-refractivity contribution in [1.82, 2.24) is 14.2 Å². The predicted molar refractivity (Wildman–Crippen MR) is 136 cm³/mol. The van der Waals surface area contributed by atoms with Crippen molar-refractivity contribution in [2.24, 2.45) is 5.92 Å². The molecule has 0 radical (unpaired) electrons. The zero-order valence-electron chi connectivity index (χ0n) is 18.8. The van der Waals surface area contributed by atoms with Gasteiger partial charge in [-0.1, -0.05) is 29.0 Å². The number of hydrogen-bond acceptors (Lipinski definition) is 7. The second kappa shape index (κ2) is 9.97. The summed E-state index contributed by atoms with van der Waals surface area (Å²) in [7, 11) is 0.452. The summed E-state index contributed by atoms with van der Waals surface area (Å²) in [5.74, 6) is -0.230. The van der Waals surface area contributed by atoms with Gasteiger partial charge in [0.05, 0.1) is 10.2 Å². The third-order valence-corrected chi connectivity index (χ3v) is 10.6. The van der Waals surface area contributed by atoms with Crippen LogP contribution in [0.25, 0.3) is 10.2 Å². The fourth-order valence-corrected chi connectivity index (χ4v) is 7.73. The molecule has 3 aromatic rings. The first-order valence-corrected chi connectivity index (χ1v) is 14.3. The maximum atomic E-state index is 13.6. The van der Waals surface area contributed by atoms with E-state index in [4.69, 9.17) is 16.6 Å². The third-order valence-electron chi connectivity index (χ3n) is 5.90.